The topological polar surface area (TPSA) is 6.48 Å². The van der Waals surface area contributed by atoms with E-state index >= 15 is 0 Å². The highest BCUT2D eigenvalue weighted by Crippen LogP contribution is 2.36. The molecule has 0 aliphatic carbocycles. The van der Waals surface area contributed by atoms with E-state index in [0.29, 0.717) is 0 Å². The van der Waals surface area contributed by atoms with Gasteiger partial charge < -0.3 is 0 Å². The minimum absolute atomic E-state index is 0.152. The van der Waals surface area contributed by atoms with Crippen LogP contribution in [0.1, 0.15) is 41.5 Å². The minimum atomic E-state index is -1.89. The molecule has 0 amide bonds. The molecule has 0 saturated heterocycles. The predicted molar refractivity (Wildman–Crippen MR) is 78.6 cm³/mol. The van der Waals surface area contributed by atoms with Crippen molar-refractivity contribution in [3.05, 3.63) is 0 Å². The van der Waals surface area contributed by atoms with Crippen LogP contribution >= 0.6 is 30.6 Å². The van der Waals surface area contributed by atoms with Crippen molar-refractivity contribution >= 4 is 36.2 Å². The van der Waals surface area contributed by atoms with Crippen LogP contribution in [0.25, 0.3) is 0 Å². The Labute approximate surface area is 112 Å². The fourth-order valence-corrected chi connectivity index (χ4v) is 9.48. The van der Waals surface area contributed by atoms with Crippen molar-refractivity contribution in [1.29, 1.82) is 0 Å². The van der Waals surface area contributed by atoms with E-state index in [1.54, 1.807) is 0 Å². The van der Waals surface area contributed by atoms with E-state index < -0.39 is 5.64 Å². The molecule has 5 heteroatoms. The maximum absolute atomic E-state index is 3.89. The van der Waals surface area contributed by atoms with Crippen LogP contribution in [0.3, 0.4) is 0 Å². The molecule has 0 bridgehead atoms. The highest BCUT2D eigenvalue weighted by molar-refractivity contribution is 9.50. The average molecular weight is 360 g/mol. The molecule has 0 aromatic carbocycles. The smallest absolute Gasteiger partial charge is 0.293 e. The largest absolute Gasteiger partial charge is 0.354 e. The van der Waals surface area contributed by atoms with Crippen LogP contribution in [0.15, 0.2) is 0 Å². The Bertz CT molecular complexity index is 196. The first-order chi connectivity index (χ1) is 6.31. The van der Waals surface area contributed by atoms with Crippen molar-refractivity contribution in [3.8, 4) is 0 Å². The van der Waals surface area contributed by atoms with E-state index in [1.165, 1.54) is 0 Å². The molecular formula is C10H24Br2N2Si. The van der Waals surface area contributed by atoms with Gasteiger partial charge in [-0.05, 0) is 55.6 Å². The van der Waals surface area contributed by atoms with Crippen LogP contribution in [-0.4, -0.2) is 39.9 Å². The lowest BCUT2D eigenvalue weighted by Crippen LogP contribution is -2.64. The summed E-state index contributed by atoms with van der Waals surface area (Å²) in [5, 5.41) is 0. The molecule has 15 heavy (non-hydrogen) atoms. The first-order valence-electron chi connectivity index (χ1n) is 5.17. The normalized spacial score (nSPS) is 15.2. The van der Waals surface area contributed by atoms with Gasteiger partial charge in [0.15, 0.2) is 0 Å². The quantitative estimate of drug-likeness (QED) is 0.548. The van der Waals surface area contributed by atoms with Gasteiger partial charge in [0, 0.05) is 11.1 Å². The third-order valence-corrected chi connectivity index (χ3v) is 12.2. The van der Waals surface area contributed by atoms with Gasteiger partial charge in [-0.3, -0.25) is 9.13 Å². The molecular weight excluding hydrogens is 336 g/mol. The summed E-state index contributed by atoms with van der Waals surface area (Å²) in [5.41, 5.74) is -1.59. The molecule has 0 heterocycles. The predicted octanol–water partition coefficient (Wildman–Crippen LogP) is 3.67. The Hall–Kier alpha value is 1.10. The molecule has 0 saturated carbocycles. The standard InChI is InChI=1S/C10H24Br2N2Si/c1-9(2,3)13(7)15(11,12)14(8)10(4,5)6/h1-8H3. The lowest BCUT2D eigenvalue weighted by Gasteiger charge is -2.48. The van der Waals surface area contributed by atoms with Crippen molar-refractivity contribution in [2.24, 2.45) is 0 Å². The number of nitrogens with zero attached hydrogens (tertiary/aromatic N) is 2. The summed E-state index contributed by atoms with van der Waals surface area (Å²) < 4.78 is 4.79. The van der Waals surface area contributed by atoms with Gasteiger partial charge in [0.1, 0.15) is 0 Å². The first-order valence-corrected chi connectivity index (χ1v) is 11.6. The summed E-state index contributed by atoms with van der Waals surface area (Å²) in [6.45, 7) is 13.4. The highest BCUT2D eigenvalue weighted by atomic mass is 79.9. The zero-order valence-electron chi connectivity index (χ0n) is 11.2. The van der Waals surface area contributed by atoms with Gasteiger partial charge in [-0.25, -0.2) is 0 Å². The van der Waals surface area contributed by atoms with Gasteiger partial charge in [0.2, 0.25) is 0 Å². The van der Waals surface area contributed by atoms with E-state index in [-0.39, 0.29) is 11.1 Å². The number of halogens is 2. The second kappa shape index (κ2) is 4.76. The fraction of sp³-hybridized carbons (Fsp3) is 1.00. The molecule has 2 nitrogen and oxygen atoms in total. The summed E-state index contributed by atoms with van der Waals surface area (Å²) in [4.78, 5) is 0. The summed E-state index contributed by atoms with van der Waals surface area (Å²) in [6, 6.07) is 0. The summed E-state index contributed by atoms with van der Waals surface area (Å²) in [5.74, 6) is 0. The molecule has 0 spiro atoms. The molecule has 0 N–H and O–H groups in total. The number of hydrogen-bond acceptors (Lipinski definition) is 2. The molecule has 0 fully saturated rings. The minimum Gasteiger partial charge on any atom is -0.293 e. The summed E-state index contributed by atoms with van der Waals surface area (Å²) in [6.07, 6.45) is 0. The Morgan fingerprint density at radius 3 is 1.07 bits per heavy atom. The average Bonchev–Trinajstić information content (AvgIpc) is 1.98. The molecule has 0 aromatic heterocycles. The fourth-order valence-electron chi connectivity index (χ4n) is 1.03. The van der Waals surface area contributed by atoms with E-state index in [1.807, 2.05) is 0 Å². The maximum Gasteiger partial charge on any atom is 0.354 e. The van der Waals surface area contributed by atoms with Crippen LogP contribution < -0.4 is 0 Å². The third kappa shape index (κ3) is 4.11. The second-order valence-electron chi connectivity index (χ2n) is 5.97. The van der Waals surface area contributed by atoms with Crippen molar-refractivity contribution < 1.29 is 0 Å². The van der Waals surface area contributed by atoms with Crippen molar-refractivity contribution in [3.63, 3.8) is 0 Å². The summed E-state index contributed by atoms with van der Waals surface area (Å²) in [7, 11) is 4.33. The lowest BCUT2D eigenvalue weighted by atomic mass is 10.1. The van der Waals surface area contributed by atoms with Crippen LogP contribution in [0.2, 0.25) is 0 Å². The lowest BCUT2D eigenvalue weighted by molar-refractivity contribution is 0.227. The SMILES string of the molecule is CN(C(C)(C)C)[Si](Br)(Br)N(C)C(C)(C)C. The molecule has 0 aliphatic heterocycles. The van der Waals surface area contributed by atoms with Crippen molar-refractivity contribution in [1.82, 2.24) is 9.13 Å². The second-order valence-corrected chi connectivity index (χ2v) is 18.2. The molecule has 0 unspecified atom stereocenters. The van der Waals surface area contributed by atoms with Gasteiger partial charge in [-0.2, -0.15) is 0 Å². The molecule has 0 atom stereocenters. The Morgan fingerprint density at radius 2 is 0.933 bits per heavy atom. The summed E-state index contributed by atoms with van der Waals surface area (Å²) >= 11 is 7.78. The van der Waals surface area contributed by atoms with E-state index in [9.17, 15) is 0 Å². The van der Waals surface area contributed by atoms with Gasteiger partial charge >= 0.3 is 5.64 Å². The molecule has 0 aromatic rings. The highest BCUT2D eigenvalue weighted by Gasteiger charge is 2.46. The monoisotopic (exact) mass is 358 g/mol. The van der Waals surface area contributed by atoms with E-state index in [4.69, 9.17) is 0 Å². The third-order valence-electron chi connectivity index (χ3n) is 2.82. The van der Waals surface area contributed by atoms with Crippen LogP contribution in [-0.2, 0) is 0 Å². The number of rotatable bonds is 2. The molecule has 0 aliphatic rings. The Kier molecular flexibility index (Phi) is 5.11. The maximum atomic E-state index is 3.89. The molecule has 92 valence electrons. The zero-order chi connectivity index (χ0) is 12.7. The van der Waals surface area contributed by atoms with E-state index in [0.717, 1.165) is 0 Å². The van der Waals surface area contributed by atoms with Gasteiger partial charge in [-0.15, -0.1) is 0 Å². The van der Waals surface area contributed by atoms with Crippen LogP contribution in [0.4, 0.5) is 0 Å². The van der Waals surface area contributed by atoms with Crippen molar-refractivity contribution in [2.45, 2.75) is 52.6 Å². The molecule has 0 rings (SSSR count). The number of hydrogen-bond donors (Lipinski definition) is 0. The van der Waals surface area contributed by atoms with Gasteiger partial charge in [0.05, 0.1) is 0 Å². The van der Waals surface area contributed by atoms with E-state index in [2.05, 4.69) is 95.4 Å². The van der Waals surface area contributed by atoms with Gasteiger partial charge in [-0.1, -0.05) is 30.6 Å². The Balaban J connectivity index is 4.98. The van der Waals surface area contributed by atoms with Crippen LogP contribution in [0.5, 0.6) is 0 Å². The van der Waals surface area contributed by atoms with Crippen molar-refractivity contribution in [2.75, 3.05) is 14.1 Å². The van der Waals surface area contributed by atoms with Crippen LogP contribution in [0, 0.1) is 0 Å². The Morgan fingerprint density at radius 1 is 0.733 bits per heavy atom. The molecule has 0 radical (unpaired) electrons. The van der Waals surface area contributed by atoms with Gasteiger partial charge in [0.25, 0.3) is 0 Å². The first kappa shape index (κ1) is 16.1. The zero-order valence-corrected chi connectivity index (χ0v) is 15.3.